The van der Waals surface area contributed by atoms with Gasteiger partial charge in [0.2, 0.25) is 5.91 Å². The summed E-state index contributed by atoms with van der Waals surface area (Å²) in [6, 6.07) is 7.66. The maximum absolute atomic E-state index is 12.2. The van der Waals surface area contributed by atoms with Gasteiger partial charge in [0.1, 0.15) is 6.04 Å². The van der Waals surface area contributed by atoms with Crippen molar-refractivity contribution in [2.24, 2.45) is 0 Å². The van der Waals surface area contributed by atoms with Crippen molar-refractivity contribution in [3.8, 4) is 0 Å². The van der Waals surface area contributed by atoms with Crippen molar-refractivity contribution in [2.75, 3.05) is 29.9 Å². The summed E-state index contributed by atoms with van der Waals surface area (Å²) in [5.41, 5.74) is 2.09. The van der Waals surface area contributed by atoms with E-state index in [1.807, 2.05) is 12.1 Å². The third kappa shape index (κ3) is 3.38. The van der Waals surface area contributed by atoms with Gasteiger partial charge in [0.15, 0.2) is 0 Å². The Morgan fingerprint density at radius 2 is 1.83 bits per heavy atom. The van der Waals surface area contributed by atoms with Gasteiger partial charge >= 0.3 is 0 Å². The maximum atomic E-state index is 12.2. The molecule has 2 aliphatic heterocycles. The fraction of sp³-hybridized carbons (Fsp3) is 0.444. The Bertz CT molecular complexity index is 591. The molecular weight excluding hydrogens is 290 g/mol. The molecule has 1 atom stereocenters. The smallest absolute Gasteiger partial charge is 0.252 e. The van der Waals surface area contributed by atoms with Gasteiger partial charge < -0.3 is 10.2 Å². The molecular formula is C18H23N3O2. The first kappa shape index (κ1) is 15.6. The molecule has 1 aromatic rings. The molecule has 2 fully saturated rings. The van der Waals surface area contributed by atoms with E-state index >= 15 is 0 Å². The molecule has 122 valence electrons. The van der Waals surface area contributed by atoms with Gasteiger partial charge in [-0.25, -0.2) is 0 Å². The Morgan fingerprint density at radius 3 is 2.48 bits per heavy atom. The monoisotopic (exact) mass is 313 g/mol. The average molecular weight is 313 g/mol. The van der Waals surface area contributed by atoms with E-state index in [0.717, 1.165) is 18.8 Å². The van der Waals surface area contributed by atoms with Crippen LogP contribution in [0.25, 0.3) is 0 Å². The normalized spacial score (nSPS) is 21.7. The zero-order chi connectivity index (χ0) is 16.2. The number of nitrogens with zero attached hydrogens (tertiary/aromatic N) is 2. The summed E-state index contributed by atoms with van der Waals surface area (Å²) in [5.74, 6) is -0.313. The first-order valence-electron chi connectivity index (χ1n) is 8.25. The van der Waals surface area contributed by atoms with E-state index in [1.165, 1.54) is 29.8 Å². The molecule has 0 aromatic heterocycles. The number of hydrogen-bond donors (Lipinski definition) is 1. The molecule has 23 heavy (non-hydrogen) atoms. The van der Waals surface area contributed by atoms with E-state index < -0.39 is 6.04 Å². The molecule has 2 aliphatic rings. The number of amides is 2. The molecule has 0 saturated carbocycles. The number of carbonyl (C=O) groups is 2. The molecule has 2 saturated heterocycles. The molecule has 0 aliphatic carbocycles. The third-order valence-electron chi connectivity index (χ3n) is 4.49. The lowest BCUT2D eigenvalue weighted by atomic mass is 10.1. The van der Waals surface area contributed by atoms with E-state index in [-0.39, 0.29) is 24.8 Å². The fourth-order valence-corrected chi connectivity index (χ4v) is 3.24. The second kappa shape index (κ2) is 6.86. The molecule has 0 unspecified atom stereocenters. The van der Waals surface area contributed by atoms with E-state index in [0.29, 0.717) is 0 Å². The number of carbonyl (C=O) groups excluding carboxylic acids is 2. The predicted octanol–water partition coefficient (Wildman–Crippen LogP) is 2.40. The molecule has 0 spiro atoms. The van der Waals surface area contributed by atoms with Gasteiger partial charge in [-0.1, -0.05) is 6.08 Å². The highest BCUT2D eigenvalue weighted by Crippen LogP contribution is 2.23. The maximum Gasteiger partial charge on any atom is 0.252 e. The van der Waals surface area contributed by atoms with Crippen LogP contribution < -0.4 is 10.2 Å². The van der Waals surface area contributed by atoms with Crippen LogP contribution >= 0.6 is 0 Å². The minimum absolute atomic E-state index is 0.141. The van der Waals surface area contributed by atoms with Crippen molar-refractivity contribution < 1.29 is 9.59 Å². The second-order valence-electron chi connectivity index (χ2n) is 6.13. The molecule has 1 N–H and O–H groups in total. The fourth-order valence-electron chi connectivity index (χ4n) is 3.24. The molecule has 1 aromatic carbocycles. The van der Waals surface area contributed by atoms with Gasteiger partial charge in [-0.3, -0.25) is 14.5 Å². The zero-order valence-electron chi connectivity index (χ0n) is 13.3. The molecule has 0 radical (unpaired) electrons. The van der Waals surface area contributed by atoms with Crippen LogP contribution in [0.5, 0.6) is 0 Å². The number of piperidine rings is 1. The summed E-state index contributed by atoms with van der Waals surface area (Å²) < 4.78 is 0. The topological polar surface area (TPSA) is 52.7 Å². The van der Waals surface area contributed by atoms with Crippen molar-refractivity contribution in [3.05, 3.63) is 36.9 Å². The minimum Gasteiger partial charge on any atom is -0.373 e. The van der Waals surface area contributed by atoms with Crippen LogP contribution in [-0.2, 0) is 9.59 Å². The van der Waals surface area contributed by atoms with Gasteiger partial charge in [-0.15, -0.1) is 6.58 Å². The average Bonchev–Trinajstić information content (AvgIpc) is 2.84. The number of hydrogen-bond acceptors (Lipinski definition) is 4. The highest BCUT2D eigenvalue weighted by Gasteiger charge is 2.37. The first-order chi connectivity index (χ1) is 11.2. The summed E-state index contributed by atoms with van der Waals surface area (Å²) in [5, 5.41) is 3.17. The summed E-state index contributed by atoms with van der Waals surface area (Å²) in [4.78, 5) is 27.7. The largest absolute Gasteiger partial charge is 0.373 e. The minimum atomic E-state index is -0.469. The van der Waals surface area contributed by atoms with E-state index in [2.05, 4.69) is 28.9 Å². The van der Waals surface area contributed by atoms with E-state index in [9.17, 15) is 9.59 Å². The third-order valence-corrected chi connectivity index (χ3v) is 4.49. The lowest BCUT2D eigenvalue weighted by Gasteiger charge is -2.29. The molecule has 5 heteroatoms. The Hall–Kier alpha value is -2.30. The van der Waals surface area contributed by atoms with Gasteiger partial charge in [0, 0.05) is 31.0 Å². The SMILES string of the molecule is C=CCN1C(=O)C[C@@H](Nc2ccc(N3CCCCC3)cc2)C1=O. The van der Waals surface area contributed by atoms with Crippen molar-refractivity contribution in [1.29, 1.82) is 0 Å². The van der Waals surface area contributed by atoms with Crippen LogP contribution in [0.1, 0.15) is 25.7 Å². The first-order valence-corrected chi connectivity index (χ1v) is 8.25. The summed E-state index contributed by atoms with van der Waals surface area (Å²) in [6.07, 6.45) is 5.59. The molecule has 0 bridgehead atoms. The van der Waals surface area contributed by atoms with Crippen LogP contribution in [0.4, 0.5) is 11.4 Å². The van der Waals surface area contributed by atoms with Crippen molar-refractivity contribution in [2.45, 2.75) is 31.7 Å². The Labute approximate surface area is 137 Å². The summed E-state index contributed by atoms with van der Waals surface area (Å²) in [6.45, 7) is 6.09. The summed E-state index contributed by atoms with van der Waals surface area (Å²) >= 11 is 0. The molecule has 2 amide bonds. The zero-order valence-corrected chi connectivity index (χ0v) is 13.3. The van der Waals surface area contributed by atoms with Crippen molar-refractivity contribution in [3.63, 3.8) is 0 Å². The highest BCUT2D eigenvalue weighted by molar-refractivity contribution is 6.06. The molecule has 5 nitrogen and oxygen atoms in total. The van der Waals surface area contributed by atoms with Crippen molar-refractivity contribution >= 4 is 23.2 Å². The number of nitrogens with one attached hydrogen (secondary N) is 1. The number of likely N-dealkylation sites (tertiary alicyclic amines) is 1. The standard InChI is InChI=1S/C18H23N3O2/c1-2-10-21-17(22)13-16(18(21)23)19-14-6-8-15(9-7-14)20-11-4-3-5-12-20/h2,6-9,16,19H,1,3-5,10-13H2/t16-/m1/s1. The summed E-state index contributed by atoms with van der Waals surface area (Å²) in [7, 11) is 0. The van der Waals surface area contributed by atoms with Crippen LogP contribution in [0, 0.1) is 0 Å². The van der Waals surface area contributed by atoms with Gasteiger partial charge in [0.05, 0.1) is 6.42 Å². The number of imide groups is 1. The number of anilines is 2. The van der Waals surface area contributed by atoms with Gasteiger partial charge in [0.25, 0.3) is 5.91 Å². The van der Waals surface area contributed by atoms with Gasteiger partial charge in [-0.2, -0.15) is 0 Å². The van der Waals surface area contributed by atoms with E-state index in [1.54, 1.807) is 6.08 Å². The highest BCUT2D eigenvalue weighted by atomic mass is 16.2. The lowest BCUT2D eigenvalue weighted by Crippen LogP contribution is -2.34. The van der Waals surface area contributed by atoms with Crippen LogP contribution in [0.2, 0.25) is 0 Å². The van der Waals surface area contributed by atoms with Gasteiger partial charge in [-0.05, 0) is 43.5 Å². The Kier molecular flexibility index (Phi) is 4.65. The van der Waals surface area contributed by atoms with E-state index in [4.69, 9.17) is 0 Å². The quantitative estimate of drug-likeness (QED) is 0.670. The predicted molar refractivity (Wildman–Crippen MR) is 91.5 cm³/mol. The Morgan fingerprint density at radius 1 is 1.13 bits per heavy atom. The molecule has 3 rings (SSSR count). The Balaban J connectivity index is 1.63. The van der Waals surface area contributed by atoms with Crippen LogP contribution in [0.15, 0.2) is 36.9 Å². The number of benzene rings is 1. The van der Waals surface area contributed by atoms with Crippen LogP contribution in [0.3, 0.4) is 0 Å². The number of rotatable bonds is 5. The van der Waals surface area contributed by atoms with Crippen LogP contribution in [-0.4, -0.2) is 42.4 Å². The van der Waals surface area contributed by atoms with Crippen molar-refractivity contribution in [1.82, 2.24) is 4.90 Å². The second-order valence-corrected chi connectivity index (χ2v) is 6.13. The molecule has 2 heterocycles. The lowest BCUT2D eigenvalue weighted by molar-refractivity contribution is -0.137.